The van der Waals surface area contributed by atoms with Crippen LogP contribution in [-0.2, 0) is 0 Å². The molecular formula is C13H24N2O. The monoisotopic (exact) mass is 224 g/mol. The number of urea groups is 1. The molecule has 0 saturated heterocycles. The van der Waals surface area contributed by atoms with Crippen molar-refractivity contribution in [2.45, 2.75) is 63.8 Å². The molecule has 3 nitrogen and oxygen atoms in total. The van der Waals surface area contributed by atoms with Crippen molar-refractivity contribution < 1.29 is 4.79 Å². The van der Waals surface area contributed by atoms with Crippen LogP contribution < -0.4 is 10.6 Å². The Hall–Kier alpha value is -0.730. The molecule has 0 radical (unpaired) electrons. The highest BCUT2D eigenvalue weighted by Crippen LogP contribution is 2.33. The molecule has 0 aromatic rings. The molecule has 0 atom stereocenters. The van der Waals surface area contributed by atoms with Gasteiger partial charge in [0.1, 0.15) is 0 Å². The van der Waals surface area contributed by atoms with Crippen molar-refractivity contribution in [3.8, 4) is 0 Å². The van der Waals surface area contributed by atoms with Crippen LogP contribution in [0.1, 0.15) is 57.8 Å². The minimum absolute atomic E-state index is 0.0442. The highest BCUT2D eigenvalue weighted by Gasteiger charge is 2.20. The summed E-state index contributed by atoms with van der Waals surface area (Å²) in [5.74, 6) is 0.975. The average Bonchev–Trinajstić information content (AvgIpc) is 3.10. The highest BCUT2D eigenvalue weighted by atomic mass is 16.2. The molecular weight excluding hydrogens is 200 g/mol. The molecule has 0 aliphatic heterocycles. The third kappa shape index (κ3) is 4.42. The van der Waals surface area contributed by atoms with Crippen molar-refractivity contribution in [2.75, 3.05) is 6.54 Å². The first-order chi connectivity index (χ1) is 7.84. The normalized spacial score (nSPS) is 21.8. The number of rotatable bonds is 5. The number of hydrogen-bond donors (Lipinski definition) is 2. The molecule has 2 aliphatic carbocycles. The van der Waals surface area contributed by atoms with Crippen LogP contribution in [0.4, 0.5) is 4.79 Å². The molecule has 0 heterocycles. The van der Waals surface area contributed by atoms with Gasteiger partial charge < -0.3 is 10.6 Å². The molecule has 2 fully saturated rings. The second kappa shape index (κ2) is 6.12. The fourth-order valence-electron chi connectivity index (χ4n) is 2.48. The Morgan fingerprint density at radius 3 is 2.50 bits per heavy atom. The van der Waals surface area contributed by atoms with E-state index in [1.807, 2.05) is 0 Å². The molecule has 2 aliphatic rings. The molecule has 0 unspecified atom stereocenters. The highest BCUT2D eigenvalue weighted by molar-refractivity contribution is 5.74. The zero-order valence-electron chi connectivity index (χ0n) is 10.1. The van der Waals surface area contributed by atoms with E-state index in [1.54, 1.807) is 0 Å². The molecule has 16 heavy (non-hydrogen) atoms. The van der Waals surface area contributed by atoms with Crippen molar-refractivity contribution >= 4 is 6.03 Å². The number of nitrogens with one attached hydrogen (secondary N) is 2. The molecule has 2 saturated carbocycles. The molecule has 0 aromatic heterocycles. The quantitative estimate of drug-likeness (QED) is 0.693. The first kappa shape index (κ1) is 11.7. The van der Waals surface area contributed by atoms with E-state index in [-0.39, 0.29) is 6.03 Å². The minimum Gasteiger partial charge on any atom is -0.338 e. The van der Waals surface area contributed by atoms with Crippen molar-refractivity contribution in [3.05, 3.63) is 0 Å². The van der Waals surface area contributed by atoms with E-state index >= 15 is 0 Å². The Labute approximate surface area is 98.4 Å². The van der Waals surface area contributed by atoms with Gasteiger partial charge in [0.25, 0.3) is 0 Å². The molecule has 2 N–H and O–H groups in total. The SMILES string of the molecule is O=C(NCCCC1CC1)NC1CCCCC1. The summed E-state index contributed by atoms with van der Waals surface area (Å²) in [4.78, 5) is 11.5. The summed E-state index contributed by atoms with van der Waals surface area (Å²) in [5.41, 5.74) is 0. The van der Waals surface area contributed by atoms with Crippen molar-refractivity contribution in [1.29, 1.82) is 0 Å². The van der Waals surface area contributed by atoms with Crippen LogP contribution in [-0.4, -0.2) is 18.6 Å². The fraction of sp³-hybridized carbons (Fsp3) is 0.923. The molecule has 92 valence electrons. The Balaban J connectivity index is 1.49. The van der Waals surface area contributed by atoms with Crippen LogP contribution in [0.3, 0.4) is 0 Å². The van der Waals surface area contributed by atoms with Gasteiger partial charge in [-0.3, -0.25) is 0 Å². The van der Waals surface area contributed by atoms with Gasteiger partial charge in [-0.1, -0.05) is 32.1 Å². The zero-order valence-corrected chi connectivity index (χ0v) is 10.1. The summed E-state index contributed by atoms with van der Waals surface area (Å²) in [7, 11) is 0. The van der Waals surface area contributed by atoms with Crippen LogP contribution >= 0.6 is 0 Å². The van der Waals surface area contributed by atoms with Crippen LogP contribution in [0.2, 0.25) is 0 Å². The van der Waals surface area contributed by atoms with E-state index in [0.717, 1.165) is 31.7 Å². The summed E-state index contributed by atoms with van der Waals surface area (Å²) < 4.78 is 0. The molecule has 0 bridgehead atoms. The molecule has 2 amide bonds. The Bertz CT molecular complexity index is 220. The maximum absolute atomic E-state index is 11.5. The van der Waals surface area contributed by atoms with Gasteiger partial charge in [0.2, 0.25) is 0 Å². The lowest BCUT2D eigenvalue weighted by Crippen LogP contribution is -2.43. The maximum Gasteiger partial charge on any atom is 0.315 e. The van der Waals surface area contributed by atoms with E-state index in [0.29, 0.717) is 6.04 Å². The van der Waals surface area contributed by atoms with Gasteiger partial charge in [0.15, 0.2) is 0 Å². The predicted molar refractivity (Wildman–Crippen MR) is 65.4 cm³/mol. The zero-order chi connectivity index (χ0) is 11.2. The second-order valence-corrected chi connectivity index (χ2v) is 5.32. The summed E-state index contributed by atoms with van der Waals surface area (Å²) in [6, 6.07) is 0.472. The van der Waals surface area contributed by atoms with E-state index in [4.69, 9.17) is 0 Å². The van der Waals surface area contributed by atoms with Crippen molar-refractivity contribution in [3.63, 3.8) is 0 Å². The molecule has 2 rings (SSSR count). The minimum atomic E-state index is 0.0442. The molecule has 0 aromatic carbocycles. The van der Waals surface area contributed by atoms with E-state index in [1.165, 1.54) is 38.5 Å². The van der Waals surface area contributed by atoms with Gasteiger partial charge in [-0.2, -0.15) is 0 Å². The lowest BCUT2D eigenvalue weighted by molar-refractivity contribution is 0.232. The molecule has 3 heteroatoms. The third-order valence-electron chi connectivity index (χ3n) is 3.71. The van der Waals surface area contributed by atoms with Crippen LogP contribution in [0.25, 0.3) is 0 Å². The summed E-state index contributed by atoms with van der Waals surface area (Å²) >= 11 is 0. The fourth-order valence-corrected chi connectivity index (χ4v) is 2.48. The van der Waals surface area contributed by atoms with Gasteiger partial charge in [-0.05, 0) is 31.6 Å². The van der Waals surface area contributed by atoms with E-state index < -0.39 is 0 Å². The van der Waals surface area contributed by atoms with Crippen molar-refractivity contribution in [1.82, 2.24) is 10.6 Å². The van der Waals surface area contributed by atoms with E-state index in [2.05, 4.69) is 10.6 Å². The van der Waals surface area contributed by atoms with Gasteiger partial charge in [-0.15, -0.1) is 0 Å². The Kier molecular flexibility index (Phi) is 4.49. The smallest absolute Gasteiger partial charge is 0.315 e. The maximum atomic E-state index is 11.5. The summed E-state index contributed by atoms with van der Waals surface area (Å²) in [5, 5.41) is 6.04. The standard InChI is InChI=1S/C13H24N2O/c16-13(14-10-4-5-11-8-9-11)15-12-6-2-1-3-7-12/h11-12H,1-10H2,(H2,14,15,16). The number of hydrogen-bond acceptors (Lipinski definition) is 1. The van der Waals surface area contributed by atoms with Crippen molar-refractivity contribution in [2.24, 2.45) is 5.92 Å². The first-order valence-corrected chi connectivity index (χ1v) is 6.89. The Morgan fingerprint density at radius 2 is 1.81 bits per heavy atom. The predicted octanol–water partition coefficient (Wildman–Crippen LogP) is 2.81. The number of carbonyl (C=O) groups excluding carboxylic acids is 1. The third-order valence-corrected chi connectivity index (χ3v) is 3.71. The topological polar surface area (TPSA) is 41.1 Å². The van der Waals surface area contributed by atoms with Gasteiger partial charge in [-0.25, -0.2) is 4.79 Å². The Morgan fingerprint density at radius 1 is 1.06 bits per heavy atom. The van der Waals surface area contributed by atoms with Gasteiger partial charge in [0, 0.05) is 12.6 Å². The summed E-state index contributed by atoms with van der Waals surface area (Å²) in [6.45, 7) is 0.842. The lowest BCUT2D eigenvalue weighted by atomic mass is 9.96. The first-order valence-electron chi connectivity index (χ1n) is 6.89. The largest absolute Gasteiger partial charge is 0.338 e. The summed E-state index contributed by atoms with van der Waals surface area (Å²) in [6.07, 6.45) is 11.5. The van der Waals surface area contributed by atoms with Gasteiger partial charge >= 0.3 is 6.03 Å². The van der Waals surface area contributed by atoms with E-state index in [9.17, 15) is 4.79 Å². The number of carbonyl (C=O) groups is 1. The van der Waals surface area contributed by atoms with Crippen LogP contribution in [0, 0.1) is 5.92 Å². The van der Waals surface area contributed by atoms with Crippen LogP contribution in [0.15, 0.2) is 0 Å². The van der Waals surface area contributed by atoms with Crippen LogP contribution in [0.5, 0.6) is 0 Å². The second-order valence-electron chi connectivity index (χ2n) is 5.32. The number of amides is 2. The van der Waals surface area contributed by atoms with Gasteiger partial charge in [0.05, 0.1) is 0 Å². The lowest BCUT2D eigenvalue weighted by Gasteiger charge is -2.22. The molecule has 0 spiro atoms. The average molecular weight is 224 g/mol.